The van der Waals surface area contributed by atoms with E-state index in [1.165, 1.54) is 30.5 Å². The molecule has 2 fully saturated rings. The molecule has 0 radical (unpaired) electrons. The molecule has 0 bridgehead atoms. The topological polar surface area (TPSA) is 94.1 Å². The molecule has 10 heteroatoms. The molecule has 3 aliphatic heterocycles. The number of hydrogen-bond donors (Lipinski definition) is 1. The van der Waals surface area contributed by atoms with Gasteiger partial charge in [-0.15, -0.1) is 0 Å². The first-order chi connectivity index (χ1) is 19.9. The summed E-state index contributed by atoms with van der Waals surface area (Å²) in [4.78, 5) is 43.3. The number of hydrogen-bond acceptors (Lipinski definition) is 8. The van der Waals surface area contributed by atoms with E-state index in [1.54, 1.807) is 4.90 Å². The summed E-state index contributed by atoms with van der Waals surface area (Å²) in [6.07, 6.45) is 5.85. The number of fused-ring (bicyclic) bond motifs is 2. The van der Waals surface area contributed by atoms with Crippen LogP contribution < -0.4 is 15.0 Å². The van der Waals surface area contributed by atoms with E-state index in [-0.39, 0.29) is 17.9 Å². The van der Waals surface area contributed by atoms with Crippen molar-refractivity contribution >= 4 is 17.6 Å². The Morgan fingerprint density at radius 3 is 2.76 bits per heavy atom. The predicted octanol–water partition coefficient (Wildman–Crippen LogP) is 2.29. The summed E-state index contributed by atoms with van der Waals surface area (Å²) >= 11 is 0. The van der Waals surface area contributed by atoms with Gasteiger partial charge in [-0.05, 0) is 56.5 Å². The van der Waals surface area contributed by atoms with Gasteiger partial charge in [0.25, 0.3) is 0 Å². The van der Waals surface area contributed by atoms with Crippen molar-refractivity contribution in [2.24, 2.45) is 0 Å². The zero-order chi connectivity index (χ0) is 28.5. The molecule has 4 heterocycles. The molecule has 2 amide bonds. The summed E-state index contributed by atoms with van der Waals surface area (Å²) < 4.78 is 6.27. The molecule has 3 atom stereocenters. The van der Waals surface area contributed by atoms with E-state index in [9.17, 15) is 9.59 Å². The quantitative estimate of drug-likeness (QED) is 0.493. The Balaban J connectivity index is 1.28. The second-order valence-electron chi connectivity index (χ2n) is 11.8. The van der Waals surface area contributed by atoms with Crippen LogP contribution in [0.5, 0.6) is 6.01 Å². The Hall–Kier alpha value is -3.50. The number of carbonyl (C=O) groups excluding carboxylic acids is 2. The zero-order valence-corrected chi connectivity index (χ0v) is 24.2. The molecule has 41 heavy (non-hydrogen) atoms. The molecule has 6 rings (SSSR count). The summed E-state index contributed by atoms with van der Waals surface area (Å²) in [6, 6.07) is 9.74. The minimum Gasteiger partial charge on any atom is -0.462 e. The van der Waals surface area contributed by atoms with Crippen molar-refractivity contribution in [1.82, 2.24) is 30.0 Å². The van der Waals surface area contributed by atoms with E-state index < -0.39 is 0 Å². The fourth-order valence-electron chi connectivity index (χ4n) is 6.95. The van der Waals surface area contributed by atoms with Gasteiger partial charge in [-0.1, -0.05) is 30.8 Å². The fraction of sp³-hybridized carbons (Fsp3) is 0.548. The number of likely N-dealkylation sites (tertiary alicyclic amines) is 1. The van der Waals surface area contributed by atoms with Gasteiger partial charge in [0, 0.05) is 63.8 Å². The average molecular weight is 560 g/mol. The molecule has 1 aromatic carbocycles. The number of ether oxygens (including phenoxy) is 1. The Bertz CT molecular complexity index is 1320. The molecule has 2 saturated heterocycles. The van der Waals surface area contributed by atoms with Crippen molar-refractivity contribution in [3.05, 3.63) is 59.3 Å². The molecule has 218 valence electrons. The summed E-state index contributed by atoms with van der Waals surface area (Å²) in [7, 11) is 2.15. The number of aromatic nitrogens is 2. The molecule has 1 aliphatic carbocycles. The Morgan fingerprint density at radius 2 is 1.98 bits per heavy atom. The van der Waals surface area contributed by atoms with E-state index in [0.29, 0.717) is 50.9 Å². The maximum atomic E-state index is 12.7. The van der Waals surface area contributed by atoms with Crippen LogP contribution in [0.4, 0.5) is 5.82 Å². The van der Waals surface area contributed by atoms with Crippen molar-refractivity contribution in [3.8, 4) is 6.01 Å². The largest absolute Gasteiger partial charge is 0.462 e. The van der Waals surface area contributed by atoms with Crippen LogP contribution in [0.25, 0.3) is 0 Å². The van der Waals surface area contributed by atoms with E-state index in [0.717, 1.165) is 56.0 Å². The molecule has 4 aliphatic rings. The highest BCUT2D eigenvalue weighted by Gasteiger charge is 2.37. The number of carbonyl (C=O) groups is 2. The summed E-state index contributed by atoms with van der Waals surface area (Å²) in [5.41, 5.74) is 5.02. The van der Waals surface area contributed by atoms with E-state index in [4.69, 9.17) is 14.7 Å². The van der Waals surface area contributed by atoms with Crippen LogP contribution >= 0.6 is 0 Å². The molecule has 10 nitrogen and oxygen atoms in total. The molecule has 1 unspecified atom stereocenters. The Kier molecular flexibility index (Phi) is 7.94. The van der Waals surface area contributed by atoms with Crippen LogP contribution in [-0.4, -0.2) is 94.9 Å². The second-order valence-corrected chi connectivity index (χ2v) is 11.8. The van der Waals surface area contributed by atoms with Gasteiger partial charge < -0.3 is 24.8 Å². The van der Waals surface area contributed by atoms with Gasteiger partial charge in [-0.3, -0.25) is 14.5 Å². The molecule has 0 spiro atoms. The maximum absolute atomic E-state index is 12.7. The van der Waals surface area contributed by atoms with Crippen LogP contribution in [0.2, 0.25) is 0 Å². The highest BCUT2D eigenvalue weighted by Crippen LogP contribution is 2.42. The van der Waals surface area contributed by atoms with Crippen LogP contribution in [0.15, 0.2) is 36.9 Å². The lowest BCUT2D eigenvalue weighted by molar-refractivity contribution is -0.129. The normalized spacial score (nSPS) is 24.3. The van der Waals surface area contributed by atoms with Gasteiger partial charge in [0.15, 0.2) is 0 Å². The van der Waals surface area contributed by atoms with Crippen LogP contribution in [-0.2, 0) is 29.1 Å². The molecule has 2 aromatic rings. The third-order valence-corrected chi connectivity index (χ3v) is 9.21. The first-order valence-corrected chi connectivity index (χ1v) is 14.9. The smallest absolute Gasteiger partial charge is 0.318 e. The third kappa shape index (κ3) is 5.67. The van der Waals surface area contributed by atoms with Crippen molar-refractivity contribution in [1.29, 1.82) is 0 Å². The minimum absolute atomic E-state index is 0.115. The summed E-state index contributed by atoms with van der Waals surface area (Å²) in [6.45, 7) is 10.5. The monoisotopic (exact) mass is 559 g/mol. The predicted molar refractivity (Wildman–Crippen MR) is 157 cm³/mol. The van der Waals surface area contributed by atoms with Gasteiger partial charge in [0.1, 0.15) is 12.4 Å². The summed E-state index contributed by atoms with van der Waals surface area (Å²) in [5, 5.41) is 2.91. The highest BCUT2D eigenvalue weighted by atomic mass is 16.5. The number of rotatable bonds is 8. The van der Waals surface area contributed by atoms with Crippen molar-refractivity contribution < 1.29 is 14.3 Å². The van der Waals surface area contributed by atoms with Gasteiger partial charge >= 0.3 is 6.01 Å². The standard InChI is InChI=1S/C31H41N7O3/c1-4-29(40)38-15-14-36(17-24(38)16-32-21(2)39)30-26-18-37(28-12-11-22-8-5-6-10-25(22)28)19-27(26)33-31(34-30)41-20-23-9-7-13-35(23)3/h4-6,8,10,23-24,28H,1,7,9,11-20H2,2-3H3,(H,32,39)/t23-,24-,28?/m0/s1. The van der Waals surface area contributed by atoms with Crippen molar-refractivity contribution in [2.45, 2.75) is 63.8 Å². The van der Waals surface area contributed by atoms with Crippen LogP contribution in [0, 0.1) is 0 Å². The molecule has 1 aromatic heterocycles. The number of amides is 2. The first-order valence-electron chi connectivity index (χ1n) is 14.9. The molecular weight excluding hydrogens is 518 g/mol. The van der Waals surface area contributed by atoms with Gasteiger partial charge in [-0.25, -0.2) is 0 Å². The number of nitrogens with one attached hydrogen (secondary N) is 1. The molecule has 0 saturated carbocycles. The number of piperazine rings is 1. The SMILES string of the molecule is C=CC(=O)N1CCN(c2nc(OC[C@@H]3CCCN3C)nc3c2CN(C2CCc4ccccc42)C3)C[C@@H]1CNC(C)=O. The van der Waals surface area contributed by atoms with E-state index >= 15 is 0 Å². The summed E-state index contributed by atoms with van der Waals surface area (Å²) in [5.74, 6) is 0.650. The van der Waals surface area contributed by atoms with Crippen molar-refractivity contribution in [3.63, 3.8) is 0 Å². The minimum atomic E-state index is -0.195. The number of anilines is 1. The van der Waals surface area contributed by atoms with E-state index in [1.807, 2.05) is 0 Å². The number of aryl methyl sites for hydroxylation is 1. The van der Waals surface area contributed by atoms with Crippen LogP contribution in [0.1, 0.15) is 54.6 Å². The fourth-order valence-corrected chi connectivity index (χ4v) is 6.95. The molecular formula is C31H41N7O3. The second kappa shape index (κ2) is 11.8. The van der Waals surface area contributed by atoms with Crippen molar-refractivity contribution in [2.75, 3.05) is 51.3 Å². The third-order valence-electron chi connectivity index (χ3n) is 9.21. The average Bonchev–Trinajstić information content (AvgIpc) is 3.71. The Morgan fingerprint density at radius 1 is 1.12 bits per heavy atom. The number of likely N-dealkylation sites (N-methyl/N-ethyl adjacent to an activating group) is 1. The number of benzene rings is 1. The number of nitrogens with zero attached hydrogens (tertiary/aromatic N) is 6. The van der Waals surface area contributed by atoms with Gasteiger partial charge in [0.2, 0.25) is 11.8 Å². The van der Waals surface area contributed by atoms with Gasteiger partial charge in [-0.2, -0.15) is 9.97 Å². The molecule has 1 N–H and O–H groups in total. The van der Waals surface area contributed by atoms with E-state index in [2.05, 4.69) is 57.9 Å². The lowest BCUT2D eigenvalue weighted by atomic mass is 10.1. The highest BCUT2D eigenvalue weighted by molar-refractivity contribution is 5.87. The first kappa shape index (κ1) is 27.7. The van der Waals surface area contributed by atoms with Crippen LogP contribution in [0.3, 0.4) is 0 Å². The Labute approximate surface area is 242 Å². The maximum Gasteiger partial charge on any atom is 0.318 e. The lowest BCUT2D eigenvalue weighted by Crippen LogP contribution is -2.58. The lowest BCUT2D eigenvalue weighted by Gasteiger charge is -2.42. The van der Waals surface area contributed by atoms with Gasteiger partial charge in [0.05, 0.1) is 11.7 Å². The zero-order valence-electron chi connectivity index (χ0n) is 24.2.